The Morgan fingerprint density at radius 2 is 2.24 bits per heavy atom. The van der Waals surface area contributed by atoms with E-state index >= 15 is 0 Å². The summed E-state index contributed by atoms with van der Waals surface area (Å²) >= 11 is 12.2. The van der Waals surface area contributed by atoms with Gasteiger partial charge in [0.1, 0.15) is 5.82 Å². The smallest absolute Gasteiger partial charge is 0.234 e. The Morgan fingerprint density at radius 1 is 1.53 bits per heavy atom. The molecular formula is C11H11Br2ClFNO. The zero-order chi connectivity index (χ0) is 12.8. The van der Waals surface area contributed by atoms with Crippen molar-refractivity contribution in [2.24, 2.45) is 0 Å². The van der Waals surface area contributed by atoms with Gasteiger partial charge in [-0.2, -0.15) is 0 Å². The number of amides is 1. The Kier molecular flexibility index (Phi) is 6.44. The molecule has 1 aromatic rings. The molecule has 0 aliphatic rings. The minimum atomic E-state index is -0.459. The molecule has 0 aliphatic carbocycles. The molecule has 1 amide bonds. The molecule has 0 heterocycles. The number of rotatable bonds is 5. The van der Waals surface area contributed by atoms with E-state index in [4.69, 9.17) is 11.6 Å². The summed E-state index contributed by atoms with van der Waals surface area (Å²) < 4.78 is 12.9. The highest BCUT2D eigenvalue weighted by Gasteiger charge is 2.13. The second kappa shape index (κ2) is 7.34. The van der Waals surface area contributed by atoms with Crippen LogP contribution < -0.4 is 5.32 Å². The fourth-order valence-electron chi connectivity index (χ4n) is 1.18. The summed E-state index contributed by atoms with van der Waals surface area (Å²) in [4.78, 5) is 11.3. The number of benzene rings is 1. The molecule has 0 saturated carbocycles. The number of nitrogens with one attached hydrogen (secondary N) is 1. The van der Waals surface area contributed by atoms with Gasteiger partial charge in [-0.3, -0.25) is 4.79 Å². The average Bonchev–Trinajstić information content (AvgIpc) is 2.30. The number of alkyl halides is 2. The zero-order valence-corrected chi connectivity index (χ0v) is 12.8. The molecule has 0 fully saturated rings. The van der Waals surface area contributed by atoms with Crippen LogP contribution in [0.2, 0.25) is 5.02 Å². The zero-order valence-electron chi connectivity index (χ0n) is 8.85. The molecule has 1 N–H and O–H groups in total. The van der Waals surface area contributed by atoms with Crippen molar-refractivity contribution in [1.82, 2.24) is 5.32 Å². The van der Waals surface area contributed by atoms with Crippen molar-refractivity contribution < 1.29 is 9.18 Å². The second-order valence-electron chi connectivity index (χ2n) is 3.41. The van der Waals surface area contributed by atoms with Crippen LogP contribution in [0.15, 0.2) is 18.2 Å². The molecule has 0 aliphatic heterocycles. The van der Waals surface area contributed by atoms with Crippen molar-refractivity contribution in [3.8, 4) is 0 Å². The molecular weight excluding hydrogens is 376 g/mol. The summed E-state index contributed by atoms with van der Waals surface area (Å²) in [5.41, 5.74) is 0.767. The van der Waals surface area contributed by atoms with Gasteiger partial charge < -0.3 is 5.32 Å². The summed E-state index contributed by atoms with van der Waals surface area (Å²) in [7, 11) is 0. The highest BCUT2D eigenvalue weighted by atomic mass is 79.9. The fraction of sp³-hybridized carbons (Fsp3) is 0.364. The average molecular weight is 387 g/mol. The van der Waals surface area contributed by atoms with Gasteiger partial charge in [-0.25, -0.2) is 4.39 Å². The lowest BCUT2D eigenvalue weighted by atomic mass is 10.2. The number of carbonyl (C=O) groups is 1. The van der Waals surface area contributed by atoms with Crippen molar-refractivity contribution >= 4 is 49.4 Å². The van der Waals surface area contributed by atoms with E-state index in [9.17, 15) is 9.18 Å². The lowest BCUT2D eigenvalue weighted by Crippen LogP contribution is -2.30. The lowest BCUT2D eigenvalue weighted by molar-refractivity contribution is -0.120. The first-order valence-corrected chi connectivity index (χ1v) is 7.37. The van der Waals surface area contributed by atoms with Crippen LogP contribution in [-0.2, 0) is 11.3 Å². The Morgan fingerprint density at radius 3 is 2.82 bits per heavy atom. The molecule has 6 heteroatoms. The van der Waals surface area contributed by atoms with Gasteiger partial charge in [0.25, 0.3) is 0 Å². The number of hydrogen-bond donors (Lipinski definition) is 1. The van der Waals surface area contributed by atoms with Crippen molar-refractivity contribution in [3.63, 3.8) is 0 Å². The molecule has 0 radical (unpaired) electrons. The monoisotopic (exact) mass is 385 g/mol. The van der Waals surface area contributed by atoms with Gasteiger partial charge in [0.2, 0.25) is 5.91 Å². The summed E-state index contributed by atoms with van der Waals surface area (Å²) in [6, 6.07) is 4.38. The van der Waals surface area contributed by atoms with Crippen LogP contribution in [0, 0.1) is 5.82 Å². The van der Waals surface area contributed by atoms with E-state index in [0.717, 1.165) is 10.9 Å². The van der Waals surface area contributed by atoms with Gasteiger partial charge in [0.05, 0.1) is 9.85 Å². The highest BCUT2D eigenvalue weighted by molar-refractivity contribution is 9.10. The van der Waals surface area contributed by atoms with Crippen LogP contribution in [0.25, 0.3) is 0 Å². The van der Waals surface area contributed by atoms with Crippen molar-refractivity contribution in [1.29, 1.82) is 0 Å². The molecule has 1 rings (SSSR count). The van der Waals surface area contributed by atoms with Crippen LogP contribution in [-0.4, -0.2) is 16.1 Å². The highest BCUT2D eigenvalue weighted by Crippen LogP contribution is 2.16. The molecule has 0 spiro atoms. The summed E-state index contributed by atoms with van der Waals surface area (Å²) in [5, 5.41) is 3.55. The van der Waals surface area contributed by atoms with Crippen molar-refractivity contribution in [2.45, 2.75) is 17.8 Å². The SMILES string of the molecule is O=C(NCc1ccc(F)c(Cl)c1)[C@H](Br)CCBr. The van der Waals surface area contributed by atoms with E-state index in [-0.39, 0.29) is 15.8 Å². The first-order valence-electron chi connectivity index (χ1n) is 4.96. The standard InChI is InChI=1S/C11H11Br2ClFNO/c12-4-3-8(13)11(17)16-6-7-1-2-10(15)9(14)5-7/h1-2,5,8H,3-4,6H2,(H,16,17)/t8-/m1/s1. The van der Waals surface area contributed by atoms with Gasteiger partial charge in [0.15, 0.2) is 0 Å². The molecule has 0 unspecified atom stereocenters. The second-order valence-corrected chi connectivity index (χ2v) is 5.72. The fourth-order valence-corrected chi connectivity index (χ4v) is 2.84. The first kappa shape index (κ1) is 14.9. The maximum absolute atomic E-state index is 12.9. The van der Waals surface area contributed by atoms with E-state index < -0.39 is 5.82 Å². The lowest BCUT2D eigenvalue weighted by Gasteiger charge is -2.09. The minimum absolute atomic E-state index is 0.0626. The number of halogens is 4. The van der Waals surface area contributed by atoms with Gasteiger partial charge in [0, 0.05) is 11.9 Å². The summed E-state index contributed by atoms with van der Waals surface area (Å²) in [6.45, 7) is 0.337. The van der Waals surface area contributed by atoms with Crippen LogP contribution in [0.1, 0.15) is 12.0 Å². The van der Waals surface area contributed by atoms with Crippen LogP contribution in [0.4, 0.5) is 4.39 Å². The van der Waals surface area contributed by atoms with Crippen LogP contribution >= 0.6 is 43.5 Å². The predicted molar refractivity (Wildman–Crippen MR) is 74.4 cm³/mol. The van der Waals surface area contributed by atoms with Gasteiger partial charge in [-0.1, -0.05) is 49.5 Å². The van der Waals surface area contributed by atoms with E-state index in [2.05, 4.69) is 37.2 Å². The molecule has 0 bridgehead atoms. The van der Waals surface area contributed by atoms with Gasteiger partial charge >= 0.3 is 0 Å². The third-order valence-electron chi connectivity index (χ3n) is 2.10. The van der Waals surface area contributed by atoms with Crippen LogP contribution in [0.5, 0.6) is 0 Å². The van der Waals surface area contributed by atoms with E-state index in [1.165, 1.54) is 12.1 Å². The van der Waals surface area contributed by atoms with Crippen molar-refractivity contribution in [2.75, 3.05) is 5.33 Å². The minimum Gasteiger partial charge on any atom is -0.351 e. The Hall–Kier alpha value is -0.130. The van der Waals surface area contributed by atoms with Gasteiger partial charge in [-0.05, 0) is 24.1 Å². The normalized spacial score (nSPS) is 12.2. The van der Waals surface area contributed by atoms with E-state index in [1.54, 1.807) is 6.07 Å². The first-order chi connectivity index (χ1) is 8.04. The largest absolute Gasteiger partial charge is 0.351 e. The molecule has 1 atom stereocenters. The Bertz CT molecular complexity index is 403. The Balaban J connectivity index is 2.50. The van der Waals surface area contributed by atoms with Crippen LogP contribution in [0.3, 0.4) is 0 Å². The maximum atomic E-state index is 12.9. The molecule has 1 aromatic carbocycles. The van der Waals surface area contributed by atoms with Crippen molar-refractivity contribution in [3.05, 3.63) is 34.6 Å². The summed E-state index contributed by atoms with van der Waals surface area (Å²) in [5.74, 6) is -0.552. The topological polar surface area (TPSA) is 29.1 Å². The number of hydrogen-bond acceptors (Lipinski definition) is 1. The predicted octanol–water partition coefficient (Wildman–Crippen LogP) is 3.64. The molecule has 2 nitrogen and oxygen atoms in total. The third-order valence-corrected chi connectivity index (χ3v) is 3.72. The molecule has 17 heavy (non-hydrogen) atoms. The molecule has 0 aromatic heterocycles. The van der Waals surface area contributed by atoms with E-state index in [0.29, 0.717) is 13.0 Å². The third kappa shape index (κ3) is 4.94. The molecule has 94 valence electrons. The quantitative estimate of drug-likeness (QED) is 0.768. The molecule has 0 saturated heterocycles. The van der Waals surface area contributed by atoms with Gasteiger partial charge in [-0.15, -0.1) is 0 Å². The number of carbonyl (C=O) groups excluding carboxylic acids is 1. The summed E-state index contributed by atoms with van der Waals surface area (Å²) in [6.07, 6.45) is 0.704. The maximum Gasteiger partial charge on any atom is 0.234 e. The Labute approximate surface area is 121 Å². The van der Waals surface area contributed by atoms with E-state index in [1.807, 2.05) is 0 Å².